The van der Waals surface area contributed by atoms with Gasteiger partial charge in [0.2, 0.25) is 10.0 Å². The maximum absolute atomic E-state index is 12.6. The van der Waals surface area contributed by atoms with Crippen LogP contribution in [0, 0.1) is 0 Å². The maximum atomic E-state index is 12.6. The summed E-state index contributed by atoms with van der Waals surface area (Å²) in [6, 6.07) is 13.4. The lowest BCUT2D eigenvalue weighted by Gasteiger charge is -2.22. The lowest BCUT2D eigenvalue weighted by atomic mass is 9.96. The molecule has 0 aromatic heterocycles. The van der Waals surface area contributed by atoms with Crippen LogP contribution in [0.2, 0.25) is 0 Å². The van der Waals surface area contributed by atoms with E-state index in [0.717, 1.165) is 37.7 Å². The Morgan fingerprint density at radius 1 is 1.06 bits per heavy atom. The minimum Gasteiger partial charge on any atom is -0.496 e. The van der Waals surface area contributed by atoms with Gasteiger partial charge in [0, 0.05) is 11.6 Å². The minimum absolute atomic E-state index is 0.00333. The van der Waals surface area contributed by atoms with E-state index in [4.69, 9.17) is 9.47 Å². The molecular formula is C23H30N2O5S. The molecule has 1 atom stereocenters. The van der Waals surface area contributed by atoms with Crippen LogP contribution >= 0.6 is 0 Å². The van der Waals surface area contributed by atoms with E-state index < -0.39 is 10.0 Å². The average molecular weight is 447 g/mol. The smallest absolute Gasteiger partial charge is 0.258 e. The highest BCUT2D eigenvalue weighted by Crippen LogP contribution is 2.24. The van der Waals surface area contributed by atoms with Gasteiger partial charge in [-0.3, -0.25) is 4.79 Å². The van der Waals surface area contributed by atoms with E-state index in [1.807, 2.05) is 31.2 Å². The zero-order valence-corrected chi connectivity index (χ0v) is 18.8. The van der Waals surface area contributed by atoms with Crippen LogP contribution in [0.4, 0.5) is 0 Å². The summed E-state index contributed by atoms with van der Waals surface area (Å²) < 4.78 is 38.8. The second-order valence-electron chi connectivity index (χ2n) is 7.75. The molecule has 3 rings (SSSR count). The first kappa shape index (κ1) is 23.1. The number of para-hydroxylation sites is 1. The van der Waals surface area contributed by atoms with Gasteiger partial charge in [-0.05, 0) is 50.1 Å². The zero-order valence-electron chi connectivity index (χ0n) is 18.0. The Morgan fingerprint density at radius 2 is 1.74 bits per heavy atom. The maximum Gasteiger partial charge on any atom is 0.258 e. The van der Waals surface area contributed by atoms with Crippen molar-refractivity contribution in [1.82, 2.24) is 10.0 Å². The van der Waals surface area contributed by atoms with Crippen LogP contribution in [0.1, 0.15) is 50.6 Å². The highest BCUT2D eigenvalue weighted by molar-refractivity contribution is 7.89. The number of ether oxygens (including phenoxy) is 2. The van der Waals surface area contributed by atoms with Crippen LogP contribution in [0.3, 0.4) is 0 Å². The molecule has 1 aliphatic rings. The van der Waals surface area contributed by atoms with Gasteiger partial charge >= 0.3 is 0 Å². The van der Waals surface area contributed by atoms with Crippen molar-refractivity contribution in [1.29, 1.82) is 0 Å². The Labute approximate surface area is 184 Å². The molecule has 1 aliphatic carbocycles. The number of carbonyl (C=O) groups excluding carboxylic acids is 1. The van der Waals surface area contributed by atoms with Gasteiger partial charge in [-0.2, -0.15) is 0 Å². The van der Waals surface area contributed by atoms with Crippen molar-refractivity contribution in [3.05, 3.63) is 54.1 Å². The average Bonchev–Trinajstić information content (AvgIpc) is 2.78. The summed E-state index contributed by atoms with van der Waals surface area (Å²) in [6.07, 6.45) is 5.02. The fourth-order valence-electron chi connectivity index (χ4n) is 3.76. The molecule has 2 N–H and O–H groups in total. The molecular weight excluding hydrogens is 416 g/mol. The van der Waals surface area contributed by atoms with E-state index in [0.29, 0.717) is 11.5 Å². The highest BCUT2D eigenvalue weighted by Gasteiger charge is 2.22. The summed E-state index contributed by atoms with van der Waals surface area (Å²) in [5.74, 6) is 0.848. The number of amides is 1. The SMILES string of the molecule is COc1ccccc1[C@@H](C)NC(=O)COc1ccc(S(=O)(=O)NC2CCCCC2)cc1. The van der Waals surface area contributed by atoms with E-state index >= 15 is 0 Å². The topological polar surface area (TPSA) is 93.7 Å². The minimum atomic E-state index is -3.56. The molecule has 0 aliphatic heterocycles. The third kappa shape index (κ3) is 6.45. The van der Waals surface area contributed by atoms with Gasteiger partial charge in [0.05, 0.1) is 18.0 Å². The molecule has 2 aromatic rings. The zero-order chi connectivity index (χ0) is 22.3. The summed E-state index contributed by atoms with van der Waals surface area (Å²) in [6.45, 7) is 1.70. The monoisotopic (exact) mass is 446 g/mol. The fraction of sp³-hybridized carbons (Fsp3) is 0.435. The molecule has 1 fully saturated rings. The molecule has 0 radical (unpaired) electrons. The summed E-state index contributed by atoms with van der Waals surface area (Å²) in [4.78, 5) is 12.5. The van der Waals surface area contributed by atoms with Gasteiger partial charge < -0.3 is 14.8 Å². The summed E-state index contributed by atoms with van der Waals surface area (Å²) in [5, 5.41) is 2.87. The number of hydrogen-bond acceptors (Lipinski definition) is 5. The molecule has 31 heavy (non-hydrogen) atoms. The van der Waals surface area contributed by atoms with Gasteiger partial charge in [0.25, 0.3) is 5.91 Å². The van der Waals surface area contributed by atoms with Crippen LogP contribution in [-0.4, -0.2) is 34.1 Å². The molecule has 1 saturated carbocycles. The predicted octanol–water partition coefficient (Wildman–Crippen LogP) is 3.56. The van der Waals surface area contributed by atoms with E-state index in [9.17, 15) is 13.2 Å². The predicted molar refractivity (Wildman–Crippen MR) is 119 cm³/mol. The van der Waals surface area contributed by atoms with Gasteiger partial charge in [0.1, 0.15) is 11.5 Å². The Kier molecular flexibility index (Phi) is 7.92. The van der Waals surface area contributed by atoms with Gasteiger partial charge in [-0.15, -0.1) is 0 Å². The fourth-order valence-corrected chi connectivity index (χ4v) is 5.06. The van der Waals surface area contributed by atoms with Crippen LogP contribution in [-0.2, 0) is 14.8 Å². The van der Waals surface area contributed by atoms with Crippen LogP contribution in [0.5, 0.6) is 11.5 Å². The lowest BCUT2D eigenvalue weighted by molar-refractivity contribution is -0.123. The molecule has 0 saturated heterocycles. The highest BCUT2D eigenvalue weighted by atomic mass is 32.2. The number of carbonyl (C=O) groups is 1. The quantitative estimate of drug-likeness (QED) is 0.614. The number of rotatable bonds is 9. The third-order valence-electron chi connectivity index (χ3n) is 5.41. The standard InChI is InChI=1S/C23H30N2O5S/c1-17(21-10-6-7-11-22(21)29-2)24-23(26)16-30-19-12-14-20(15-13-19)31(27,28)25-18-8-4-3-5-9-18/h6-7,10-15,17-18,25H,3-5,8-9,16H2,1-2H3,(H,24,26)/t17-/m1/s1. The van der Waals surface area contributed by atoms with Crippen molar-refractivity contribution in [3.63, 3.8) is 0 Å². The molecule has 2 aromatic carbocycles. The van der Waals surface area contributed by atoms with Crippen molar-refractivity contribution in [2.45, 2.75) is 56.0 Å². The third-order valence-corrected chi connectivity index (χ3v) is 6.95. The Bertz CT molecular complexity index is 970. The largest absolute Gasteiger partial charge is 0.496 e. The second-order valence-corrected chi connectivity index (χ2v) is 9.46. The lowest BCUT2D eigenvalue weighted by Crippen LogP contribution is -2.36. The van der Waals surface area contributed by atoms with Crippen molar-refractivity contribution in [3.8, 4) is 11.5 Å². The summed E-state index contributed by atoms with van der Waals surface area (Å²) in [5.41, 5.74) is 0.873. The molecule has 0 unspecified atom stereocenters. The number of benzene rings is 2. The van der Waals surface area contributed by atoms with E-state index in [1.54, 1.807) is 19.2 Å². The summed E-state index contributed by atoms with van der Waals surface area (Å²) >= 11 is 0. The molecule has 8 heteroatoms. The molecule has 0 spiro atoms. The number of sulfonamides is 1. The first-order valence-electron chi connectivity index (χ1n) is 10.6. The molecule has 168 valence electrons. The molecule has 1 amide bonds. The van der Waals surface area contributed by atoms with Crippen molar-refractivity contribution in [2.75, 3.05) is 13.7 Å². The molecule has 7 nitrogen and oxygen atoms in total. The number of hydrogen-bond donors (Lipinski definition) is 2. The number of methoxy groups -OCH3 is 1. The Morgan fingerprint density at radius 3 is 2.42 bits per heavy atom. The van der Waals surface area contributed by atoms with Crippen LogP contribution < -0.4 is 19.5 Å². The molecule has 0 heterocycles. The normalized spacial score (nSPS) is 15.8. The van der Waals surface area contributed by atoms with E-state index in [2.05, 4.69) is 10.0 Å². The first-order valence-corrected chi connectivity index (χ1v) is 12.0. The number of nitrogens with one attached hydrogen (secondary N) is 2. The van der Waals surface area contributed by atoms with Gasteiger partial charge in [-0.25, -0.2) is 13.1 Å². The van der Waals surface area contributed by atoms with Crippen molar-refractivity contribution in [2.24, 2.45) is 0 Å². The van der Waals surface area contributed by atoms with E-state index in [1.165, 1.54) is 12.1 Å². The van der Waals surface area contributed by atoms with Gasteiger partial charge in [0.15, 0.2) is 6.61 Å². The Hall–Kier alpha value is -2.58. The first-order chi connectivity index (χ1) is 14.9. The Balaban J connectivity index is 1.52. The second kappa shape index (κ2) is 10.6. The van der Waals surface area contributed by atoms with E-state index in [-0.39, 0.29) is 29.5 Å². The van der Waals surface area contributed by atoms with Crippen molar-refractivity contribution < 1.29 is 22.7 Å². The van der Waals surface area contributed by atoms with Crippen molar-refractivity contribution >= 4 is 15.9 Å². The molecule has 0 bridgehead atoms. The van der Waals surface area contributed by atoms with Crippen LogP contribution in [0.15, 0.2) is 53.4 Å². The van der Waals surface area contributed by atoms with Crippen LogP contribution in [0.25, 0.3) is 0 Å². The summed E-state index contributed by atoms with van der Waals surface area (Å²) in [7, 11) is -1.97. The van der Waals surface area contributed by atoms with Gasteiger partial charge in [-0.1, -0.05) is 37.5 Å².